The Hall–Kier alpha value is -1.31. The summed E-state index contributed by atoms with van der Waals surface area (Å²) in [6.07, 6.45) is 5.69. The van der Waals surface area contributed by atoms with Crippen LogP contribution in [0.3, 0.4) is 0 Å². The third-order valence-electron chi connectivity index (χ3n) is 3.16. The fraction of sp³-hybridized carbons (Fsp3) is 0.588. The topological polar surface area (TPSA) is 26.3 Å². The molecule has 0 unspecified atom stereocenters. The molecule has 2 nitrogen and oxygen atoms in total. The maximum Gasteiger partial charge on any atom is 0.150 e. The van der Waals surface area contributed by atoms with Gasteiger partial charge in [0, 0.05) is 5.56 Å². The van der Waals surface area contributed by atoms with E-state index in [1.54, 1.807) is 6.07 Å². The van der Waals surface area contributed by atoms with Crippen molar-refractivity contribution < 1.29 is 9.53 Å². The molecule has 0 radical (unpaired) electrons. The lowest BCUT2D eigenvalue weighted by Crippen LogP contribution is -2.05. The molecule has 0 fully saturated rings. The Kier molecular flexibility index (Phi) is 6.07. The molecule has 0 aliphatic heterocycles. The molecule has 0 saturated carbocycles. The number of carbonyl (C=O) groups excluding carboxylic acids is 1. The molecule has 1 aromatic rings. The van der Waals surface area contributed by atoms with Crippen molar-refractivity contribution in [2.45, 2.75) is 53.4 Å². The summed E-state index contributed by atoms with van der Waals surface area (Å²) in [7, 11) is 0. The molecule has 0 spiro atoms. The average molecular weight is 262 g/mol. The van der Waals surface area contributed by atoms with Gasteiger partial charge in [0.25, 0.3) is 0 Å². The zero-order valence-electron chi connectivity index (χ0n) is 12.7. The van der Waals surface area contributed by atoms with Crippen LogP contribution in [0.2, 0.25) is 0 Å². The Morgan fingerprint density at radius 1 is 1.16 bits per heavy atom. The van der Waals surface area contributed by atoms with E-state index in [1.807, 2.05) is 19.1 Å². The zero-order valence-corrected chi connectivity index (χ0v) is 12.7. The third-order valence-corrected chi connectivity index (χ3v) is 3.16. The molecular formula is C17H26O2. The van der Waals surface area contributed by atoms with Crippen molar-refractivity contribution in [1.82, 2.24) is 0 Å². The van der Waals surface area contributed by atoms with Gasteiger partial charge in [0.1, 0.15) is 12.0 Å². The maximum atomic E-state index is 10.6. The number of benzene rings is 1. The quantitative estimate of drug-likeness (QED) is 0.521. The molecule has 1 rings (SSSR count). The molecule has 0 aromatic heterocycles. The summed E-state index contributed by atoms with van der Waals surface area (Å²) >= 11 is 0. The van der Waals surface area contributed by atoms with Crippen LogP contribution in [0.25, 0.3) is 0 Å². The molecule has 1 aromatic carbocycles. The molecular weight excluding hydrogens is 236 g/mol. The van der Waals surface area contributed by atoms with Gasteiger partial charge in [-0.05, 0) is 48.9 Å². The van der Waals surface area contributed by atoms with E-state index in [9.17, 15) is 4.79 Å². The predicted octanol–water partition coefficient (Wildman–Crippen LogP) is 4.79. The minimum absolute atomic E-state index is 0.433. The number of carbonyl (C=O) groups is 1. The SMILES string of the molecule is Cc1cc(C=O)ccc1OCCCCCC(C)(C)C. The second-order valence-electron chi connectivity index (χ2n) is 6.36. The molecule has 19 heavy (non-hydrogen) atoms. The molecule has 0 amide bonds. The van der Waals surface area contributed by atoms with E-state index in [0.29, 0.717) is 11.0 Å². The van der Waals surface area contributed by atoms with Crippen molar-refractivity contribution in [1.29, 1.82) is 0 Å². The molecule has 0 saturated heterocycles. The lowest BCUT2D eigenvalue weighted by molar-refractivity contribution is 0.112. The second-order valence-corrected chi connectivity index (χ2v) is 6.36. The van der Waals surface area contributed by atoms with Crippen molar-refractivity contribution in [2.75, 3.05) is 6.61 Å². The largest absolute Gasteiger partial charge is 0.493 e. The van der Waals surface area contributed by atoms with Crippen LogP contribution in [0.15, 0.2) is 18.2 Å². The van der Waals surface area contributed by atoms with Gasteiger partial charge in [-0.15, -0.1) is 0 Å². The number of hydrogen-bond donors (Lipinski definition) is 0. The lowest BCUT2D eigenvalue weighted by atomic mass is 9.89. The van der Waals surface area contributed by atoms with Crippen LogP contribution in [-0.4, -0.2) is 12.9 Å². The molecule has 0 heterocycles. The van der Waals surface area contributed by atoms with Crippen molar-refractivity contribution in [3.8, 4) is 5.75 Å². The molecule has 2 heteroatoms. The van der Waals surface area contributed by atoms with Gasteiger partial charge in [-0.3, -0.25) is 4.79 Å². The fourth-order valence-electron chi connectivity index (χ4n) is 2.02. The monoisotopic (exact) mass is 262 g/mol. The Morgan fingerprint density at radius 2 is 1.89 bits per heavy atom. The normalized spacial score (nSPS) is 11.4. The Morgan fingerprint density at radius 3 is 2.47 bits per heavy atom. The van der Waals surface area contributed by atoms with Crippen LogP contribution in [0.5, 0.6) is 5.75 Å². The van der Waals surface area contributed by atoms with E-state index < -0.39 is 0 Å². The highest BCUT2D eigenvalue weighted by molar-refractivity contribution is 5.75. The highest BCUT2D eigenvalue weighted by Gasteiger charge is 2.08. The molecule has 0 aliphatic rings. The summed E-state index contributed by atoms with van der Waals surface area (Å²) in [6.45, 7) is 9.57. The number of rotatable bonds is 7. The first-order chi connectivity index (χ1) is 8.92. The van der Waals surface area contributed by atoms with E-state index in [-0.39, 0.29) is 0 Å². The highest BCUT2D eigenvalue weighted by atomic mass is 16.5. The number of unbranched alkanes of at least 4 members (excludes halogenated alkanes) is 2. The molecule has 0 bridgehead atoms. The van der Waals surface area contributed by atoms with Gasteiger partial charge >= 0.3 is 0 Å². The first-order valence-corrected chi connectivity index (χ1v) is 7.11. The molecule has 0 N–H and O–H groups in total. The fourth-order valence-corrected chi connectivity index (χ4v) is 2.02. The minimum atomic E-state index is 0.433. The lowest BCUT2D eigenvalue weighted by Gasteiger charge is -2.17. The minimum Gasteiger partial charge on any atom is -0.493 e. The Labute approximate surface area is 117 Å². The van der Waals surface area contributed by atoms with Gasteiger partial charge in [0.05, 0.1) is 6.61 Å². The van der Waals surface area contributed by atoms with Crippen LogP contribution in [0.1, 0.15) is 62.4 Å². The maximum absolute atomic E-state index is 10.6. The Balaban J connectivity index is 2.24. The van der Waals surface area contributed by atoms with E-state index in [0.717, 1.165) is 30.6 Å². The molecule has 0 atom stereocenters. The van der Waals surface area contributed by atoms with Gasteiger partial charge < -0.3 is 4.74 Å². The number of hydrogen-bond acceptors (Lipinski definition) is 2. The van der Waals surface area contributed by atoms with Crippen LogP contribution >= 0.6 is 0 Å². The first-order valence-electron chi connectivity index (χ1n) is 7.11. The summed E-state index contributed by atoms with van der Waals surface area (Å²) in [4.78, 5) is 10.6. The summed E-state index contributed by atoms with van der Waals surface area (Å²) in [5.41, 5.74) is 2.16. The smallest absolute Gasteiger partial charge is 0.150 e. The highest BCUT2D eigenvalue weighted by Crippen LogP contribution is 2.22. The zero-order chi connectivity index (χ0) is 14.3. The van der Waals surface area contributed by atoms with Crippen LogP contribution in [-0.2, 0) is 0 Å². The summed E-state index contributed by atoms with van der Waals surface area (Å²) < 4.78 is 5.75. The van der Waals surface area contributed by atoms with Crippen LogP contribution < -0.4 is 4.74 Å². The van der Waals surface area contributed by atoms with E-state index in [2.05, 4.69) is 20.8 Å². The van der Waals surface area contributed by atoms with Crippen molar-refractivity contribution in [3.63, 3.8) is 0 Å². The van der Waals surface area contributed by atoms with Gasteiger partial charge in [-0.25, -0.2) is 0 Å². The summed E-state index contributed by atoms with van der Waals surface area (Å²) in [5.74, 6) is 0.890. The number of aldehydes is 1. The summed E-state index contributed by atoms with van der Waals surface area (Å²) in [5, 5.41) is 0. The second kappa shape index (κ2) is 7.32. The first kappa shape index (κ1) is 15.7. The summed E-state index contributed by atoms with van der Waals surface area (Å²) in [6, 6.07) is 5.55. The van der Waals surface area contributed by atoms with E-state index in [1.165, 1.54) is 19.3 Å². The molecule has 106 valence electrons. The van der Waals surface area contributed by atoms with Crippen molar-refractivity contribution in [2.24, 2.45) is 5.41 Å². The van der Waals surface area contributed by atoms with Gasteiger partial charge in [0.15, 0.2) is 0 Å². The third kappa shape index (κ3) is 6.42. The number of ether oxygens (including phenoxy) is 1. The molecule has 0 aliphatic carbocycles. The Bertz CT molecular complexity index is 402. The average Bonchev–Trinajstić information content (AvgIpc) is 2.33. The van der Waals surface area contributed by atoms with Crippen molar-refractivity contribution in [3.05, 3.63) is 29.3 Å². The standard InChI is InChI=1S/C17H26O2/c1-14-12-15(13-18)8-9-16(14)19-11-7-5-6-10-17(2,3)4/h8-9,12-13H,5-7,10-11H2,1-4H3. The van der Waals surface area contributed by atoms with Gasteiger partial charge in [0.2, 0.25) is 0 Å². The van der Waals surface area contributed by atoms with Crippen molar-refractivity contribution >= 4 is 6.29 Å². The predicted molar refractivity (Wildman–Crippen MR) is 80.0 cm³/mol. The van der Waals surface area contributed by atoms with Crippen LogP contribution in [0.4, 0.5) is 0 Å². The van der Waals surface area contributed by atoms with Crippen LogP contribution in [0, 0.1) is 12.3 Å². The van der Waals surface area contributed by atoms with E-state index in [4.69, 9.17) is 4.74 Å². The van der Waals surface area contributed by atoms with E-state index >= 15 is 0 Å². The van der Waals surface area contributed by atoms with Gasteiger partial charge in [-0.1, -0.05) is 33.6 Å². The van der Waals surface area contributed by atoms with Gasteiger partial charge in [-0.2, -0.15) is 0 Å². The number of aryl methyl sites for hydroxylation is 1.